The van der Waals surface area contributed by atoms with Crippen LogP contribution in [0.4, 0.5) is 5.69 Å². The molecular formula is C11H12ClNO5. The number of hydrogen-bond donors (Lipinski definition) is 0. The minimum atomic E-state index is -0.657. The molecule has 0 aliphatic rings. The second kappa shape index (κ2) is 6.20. The van der Waals surface area contributed by atoms with Gasteiger partial charge in [-0.05, 0) is 6.92 Å². The lowest BCUT2D eigenvalue weighted by molar-refractivity contribution is -0.385. The first kappa shape index (κ1) is 14.2. The Labute approximate surface area is 109 Å². The van der Waals surface area contributed by atoms with Gasteiger partial charge in [0.1, 0.15) is 5.75 Å². The van der Waals surface area contributed by atoms with Crippen molar-refractivity contribution >= 4 is 23.3 Å². The number of nitro groups is 1. The lowest BCUT2D eigenvalue weighted by Crippen LogP contribution is -2.09. The van der Waals surface area contributed by atoms with Crippen molar-refractivity contribution in [3.8, 4) is 5.75 Å². The zero-order valence-electron chi connectivity index (χ0n) is 9.94. The zero-order valence-corrected chi connectivity index (χ0v) is 10.7. The first-order chi connectivity index (χ1) is 8.54. The van der Waals surface area contributed by atoms with Gasteiger partial charge in [-0.1, -0.05) is 0 Å². The van der Waals surface area contributed by atoms with Crippen LogP contribution < -0.4 is 4.74 Å². The molecule has 0 aromatic heterocycles. The second-order valence-electron chi connectivity index (χ2n) is 3.29. The number of alkyl halides is 1. The number of methoxy groups -OCH3 is 1. The third-order valence-electron chi connectivity index (χ3n) is 2.25. The highest BCUT2D eigenvalue weighted by molar-refractivity contribution is 6.18. The number of nitrogens with zero attached hydrogens (tertiary/aromatic N) is 1. The smallest absolute Gasteiger partial charge is 0.338 e. The fourth-order valence-electron chi connectivity index (χ4n) is 1.45. The van der Waals surface area contributed by atoms with Gasteiger partial charge in [0.2, 0.25) is 0 Å². The summed E-state index contributed by atoms with van der Waals surface area (Å²) in [5.74, 6) is -0.465. The molecule has 1 aromatic carbocycles. The normalized spacial score (nSPS) is 9.94. The number of rotatable bonds is 5. The summed E-state index contributed by atoms with van der Waals surface area (Å²) < 4.78 is 9.83. The lowest BCUT2D eigenvalue weighted by Gasteiger charge is -2.11. The molecule has 0 aliphatic heterocycles. The molecule has 0 N–H and O–H groups in total. The number of benzene rings is 1. The van der Waals surface area contributed by atoms with Gasteiger partial charge in [0.15, 0.2) is 0 Å². The van der Waals surface area contributed by atoms with Crippen LogP contribution in [0.15, 0.2) is 12.1 Å². The number of non-ortho nitro benzene ring substituents is 1. The molecule has 0 atom stereocenters. The van der Waals surface area contributed by atoms with Crippen LogP contribution in [-0.4, -0.2) is 24.6 Å². The van der Waals surface area contributed by atoms with E-state index in [2.05, 4.69) is 0 Å². The molecule has 0 saturated carbocycles. The Hall–Kier alpha value is -1.82. The maximum atomic E-state index is 11.7. The summed E-state index contributed by atoms with van der Waals surface area (Å²) in [5.41, 5.74) is 0.185. The van der Waals surface area contributed by atoms with E-state index in [-0.39, 0.29) is 29.5 Å². The van der Waals surface area contributed by atoms with E-state index in [0.717, 1.165) is 6.07 Å². The number of hydrogen-bond acceptors (Lipinski definition) is 5. The van der Waals surface area contributed by atoms with E-state index in [1.807, 2.05) is 0 Å². The maximum Gasteiger partial charge on any atom is 0.338 e. The summed E-state index contributed by atoms with van der Waals surface area (Å²) in [6.07, 6.45) is 0. The van der Waals surface area contributed by atoms with E-state index in [1.165, 1.54) is 13.2 Å². The van der Waals surface area contributed by atoms with E-state index in [9.17, 15) is 14.9 Å². The molecule has 0 saturated heterocycles. The van der Waals surface area contributed by atoms with Crippen LogP contribution in [-0.2, 0) is 10.6 Å². The Bertz CT molecular complexity index is 475. The van der Waals surface area contributed by atoms with Gasteiger partial charge >= 0.3 is 5.97 Å². The average molecular weight is 274 g/mol. The minimum absolute atomic E-state index is 0.00465. The van der Waals surface area contributed by atoms with Gasteiger partial charge < -0.3 is 9.47 Å². The molecule has 0 aliphatic carbocycles. The molecule has 6 nitrogen and oxygen atoms in total. The number of carbonyl (C=O) groups is 1. The predicted molar refractivity (Wildman–Crippen MR) is 65.2 cm³/mol. The summed E-state index contributed by atoms with van der Waals surface area (Å²) in [4.78, 5) is 21.9. The number of ether oxygens (including phenoxy) is 2. The van der Waals surface area contributed by atoms with E-state index >= 15 is 0 Å². The molecule has 0 bridgehead atoms. The second-order valence-corrected chi connectivity index (χ2v) is 3.55. The van der Waals surface area contributed by atoms with Crippen LogP contribution in [0.1, 0.15) is 22.8 Å². The fourth-order valence-corrected chi connectivity index (χ4v) is 1.72. The van der Waals surface area contributed by atoms with E-state index in [1.54, 1.807) is 6.92 Å². The highest BCUT2D eigenvalue weighted by Crippen LogP contribution is 2.30. The third-order valence-corrected chi connectivity index (χ3v) is 2.52. The summed E-state index contributed by atoms with van der Waals surface area (Å²) in [6, 6.07) is 2.36. The Morgan fingerprint density at radius 2 is 2.17 bits per heavy atom. The third kappa shape index (κ3) is 2.89. The summed E-state index contributed by atoms with van der Waals surface area (Å²) in [6.45, 7) is 1.82. The van der Waals surface area contributed by atoms with Crippen molar-refractivity contribution in [1.82, 2.24) is 0 Å². The van der Waals surface area contributed by atoms with Gasteiger partial charge in [-0.15, -0.1) is 11.6 Å². The molecule has 0 unspecified atom stereocenters. The molecule has 0 fully saturated rings. The average Bonchev–Trinajstić information content (AvgIpc) is 2.37. The SMILES string of the molecule is CCOC(=O)c1cc([N+](=O)[O-])cc(OC)c1CCl. The standard InChI is InChI=1S/C11H12ClNO5/c1-3-18-11(14)8-4-7(13(15)16)5-10(17-2)9(8)6-12/h4-5H,3,6H2,1-2H3. The molecule has 0 spiro atoms. The van der Waals surface area contributed by atoms with Gasteiger partial charge in [-0.2, -0.15) is 0 Å². The molecule has 7 heteroatoms. The molecule has 98 valence electrons. The van der Waals surface area contributed by atoms with Crippen molar-refractivity contribution < 1.29 is 19.2 Å². The maximum absolute atomic E-state index is 11.7. The van der Waals surface area contributed by atoms with E-state index in [0.29, 0.717) is 5.56 Å². The minimum Gasteiger partial charge on any atom is -0.496 e. The molecule has 18 heavy (non-hydrogen) atoms. The van der Waals surface area contributed by atoms with Crippen LogP contribution in [0.2, 0.25) is 0 Å². The number of carbonyl (C=O) groups excluding carboxylic acids is 1. The number of halogens is 1. The van der Waals surface area contributed by atoms with Gasteiger partial charge in [-0.25, -0.2) is 4.79 Å². The highest BCUT2D eigenvalue weighted by atomic mass is 35.5. The molecule has 1 rings (SSSR count). The van der Waals surface area contributed by atoms with Gasteiger partial charge in [0.05, 0.1) is 36.1 Å². The van der Waals surface area contributed by atoms with Crippen molar-refractivity contribution in [3.63, 3.8) is 0 Å². The van der Waals surface area contributed by atoms with Crippen molar-refractivity contribution in [2.75, 3.05) is 13.7 Å². The molecule has 0 radical (unpaired) electrons. The molecular weight excluding hydrogens is 262 g/mol. The van der Waals surface area contributed by atoms with Gasteiger partial charge in [0.25, 0.3) is 5.69 Å². The number of esters is 1. The van der Waals surface area contributed by atoms with Crippen molar-refractivity contribution in [1.29, 1.82) is 0 Å². The van der Waals surface area contributed by atoms with E-state index in [4.69, 9.17) is 21.1 Å². The quantitative estimate of drug-likeness (QED) is 0.356. The zero-order chi connectivity index (χ0) is 13.7. The van der Waals surface area contributed by atoms with Crippen LogP contribution in [0.5, 0.6) is 5.75 Å². The van der Waals surface area contributed by atoms with Gasteiger partial charge in [-0.3, -0.25) is 10.1 Å². The van der Waals surface area contributed by atoms with Crippen molar-refractivity contribution in [2.24, 2.45) is 0 Å². The Morgan fingerprint density at radius 1 is 1.50 bits per heavy atom. The van der Waals surface area contributed by atoms with Crippen LogP contribution in [0.3, 0.4) is 0 Å². The first-order valence-electron chi connectivity index (χ1n) is 5.13. The van der Waals surface area contributed by atoms with Crippen LogP contribution >= 0.6 is 11.6 Å². The Kier molecular flexibility index (Phi) is 4.91. The predicted octanol–water partition coefficient (Wildman–Crippen LogP) is 2.52. The highest BCUT2D eigenvalue weighted by Gasteiger charge is 2.21. The van der Waals surface area contributed by atoms with Crippen LogP contribution in [0.25, 0.3) is 0 Å². The first-order valence-corrected chi connectivity index (χ1v) is 5.67. The summed E-state index contributed by atoms with van der Waals surface area (Å²) in [7, 11) is 1.35. The van der Waals surface area contributed by atoms with Crippen LogP contribution in [0, 0.1) is 10.1 Å². The summed E-state index contributed by atoms with van der Waals surface area (Å²) in [5, 5.41) is 10.8. The van der Waals surface area contributed by atoms with Crippen molar-refractivity contribution in [2.45, 2.75) is 12.8 Å². The lowest BCUT2D eigenvalue weighted by atomic mass is 10.1. The largest absolute Gasteiger partial charge is 0.496 e. The Morgan fingerprint density at radius 3 is 2.61 bits per heavy atom. The van der Waals surface area contributed by atoms with Crippen molar-refractivity contribution in [3.05, 3.63) is 33.4 Å². The molecule has 1 aromatic rings. The summed E-state index contributed by atoms with van der Waals surface area (Å²) >= 11 is 5.73. The fraction of sp³-hybridized carbons (Fsp3) is 0.364. The number of nitro benzene ring substituents is 1. The van der Waals surface area contributed by atoms with E-state index < -0.39 is 10.9 Å². The molecule has 0 heterocycles. The monoisotopic (exact) mass is 273 g/mol. The molecule has 0 amide bonds. The Balaban J connectivity index is 3.40. The topological polar surface area (TPSA) is 78.7 Å². The van der Waals surface area contributed by atoms with Gasteiger partial charge in [0, 0.05) is 11.6 Å².